The van der Waals surface area contributed by atoms with Crippen molar-refractivity contribution in [1.29, 1.82) is 0 Å². The summed E-state index contributed by atoms with van der Waals surface area (Å²) in [5.74, 6) is 0. The maximum absolute atomic E-state index is 10.9. The van der Waals surface area contributed by atoms with Gasteiger partial charge in [-0.1, -0.05) is 33.1 Å². The number of carbonyl (C=O) groups excluding carboxylic acids is 1. The van der Waals surface area contributed by atoms with Crippen molar-refractivity contribution in [3.63, 3.8) is 0 Å². The zero-order valence-corrected chi connectivity index (χ0v) is 8.77. The third kappa shape index (κ3) is 9.18. The molecule has 1 N–H and O–H groups in total. The quantitative estimate of drug-likeness (QED) is 0.622. The first-order chi connectivity index (χ1) is 6.31. The molecule has 3 nitrogen and oxygen atoms in total. The van der Waals surface area contributed by atoms with E-state index in [0.717, 1.165) is 19.4 Å². The lowest BCUT2D eigenvalue weighted by atomic mass is 10.2. The highest BCUT2D eigenvalue weighted by atomic mass is 16.5. The Kier molecular flexibility index (Phi) is 8.83. The van der Waals surface area contributed by atoms with Gasteiger partial charge in [-0.25, -0.2) is 4.79 Å². The molecule has 0 heterocycles. The molecule has 0 aromatic rings. The summed E-state index contributed by atoms with van der Waals surface area (Å²) in [6.07, 6.45) is 5.30. The Bertz CT molecular complexity index is 126. The van der Waals surface area contributed by atoms with Gasteiger partial charge in [-0.2, -0.15) is 0 Å². The molecule has 0 aliphatic carbocycles. The van der Waals surface area contributed by atoms with Crippen LogP contribution < -0.4 is 5.32 Å². The van der Waals surface area contributed by atoms with Crippen molar-refractivity contribution in [2.75, 3.05) is 13.2 Å². The standard InChI is InChI=1S/C10H21NO2/c1-3-5-6-7-8-11-10(12)13-9-4-2/h3-9H2,1-2H3,(H,11,12). The number of hydrogen-bond acceptors (Lipinski definition) is 2. The monoisotopic (exact) mass is 187 g/mol. The van der Waals surface area contributed by atoms with Crippen LogP contribution in [0.4, 0.5) is 4.79 Å². The van der Waals surface area contributed by atoms with Crippen molar-refractivity contribution < 1.29 is 9.53 Å². The molecule has 0 rings (SSSR count). The Labute approximate surface area is 80.8 Å². The van der Waals surface area contributed by atoms with Crippen LogP contribution in [-0.2, 0) is 4.74 Å². The number of ether oxygens (including phenoxy) is 1. The molecule has 0 aromatic heterocycles. The molecule has 0 radical (unpaired) electrons. The Morgan fingerprint density at radius 3 is 2.54 bits per heavy atom. The minimum Gasteiger partial charge on any atom is -0.450 e. The second kappa shape index (κ2) is 9.36. The number of hydrogen-bond donors (Lipinski definition) is 1. The Morgan fingerprint density at radius 2 is 1.92 bits per heavy atom. The van der Waals surface area contributed by atoms with Gasteiger partial charge in [0, 0.05) is 6.54 Å². The summed E-state index contributed by atoms with van der Waals surface area (Å²) in [5.41, 5.74) is 0. The van der Waals surface area contributed by atoms with Crippen molar-refractivity contribution in [3.8, 4) is 0 Å². The maximum Gasteiger partial charge on any atom is 0.407 e. The molecule has 0 saturated heterocycles. The average molecular weight is 187 g/mol. The molecule has 0 aliphatic rings. The first-order valence-electron chi connectivity index (χ1n) is 5.21. The molecule has 0 saturated carbocycles. The van der Waals surface area contributed by atoms with E-state index in [0.29, 0.717) is 6.61 Å². The number of unbranched alkanes of at least 4 members (excludes halogenated alkanes) is 3. The predicted molar refractivity (Wildman–Crippen MR) is 53.8 cm³/mol. The fourth-order valence-corrected chi connectivity index (χ4v) is 0.988. The van der Waals surface area contributed by atoms with E-state index in [1.165, 1.54) is 19.3 Å². The lowest BCUT2D eigenvalue weighted by Crippen LogP contribution is -2.25. The number of rotatable bonds is 7. The Morgan fingerprint density at radius 1 is 1.15 bits per heavy atom. The molecule has 0 spiro atoms. The summed E-state index contributed by atoms with van der Waals surface area (Å²) in [4.78, 5) is 10.9. The van der Waals surface area contributed by atoms with Crippen LogP contribution in [0.25, 0.3) is 0 Å². The van der Waals surface area contributed by atoms with Crippen molar-refractivity contribution in [3.05, 3.63) is 0 Å². The van der Waals surface area contributed by atoms with Gasteiger partial charge in [-0.05, 0) is 12.8 Å². The van der Waals surface area contributed by atoms with Crippen molar-refractivity contribution in [1.82, 2.24) is 5.32 Å². The van der Waals surface area contributed by atoms with Gasteiger partial charge in [0.25, 0.3) is 0 Å². The molecule has 1 amide bonds. The van der Waals surface area contributed by atoms with E-state index >= 15 is 0 Å². The summed E-state index contributed by atoms with van der Waals surface area (Å²) in [6, 6.07) is 0. The zero-order chi connectivity index (χ0) is 9.94. The van der Waals surface area contributed by atoms with E-state index < -0.39 is 0 Å². The van der Waals surface area contributed by atoms with Crippen molar-refractivity contribution >= 4 is 6.09 Å². The molecule has 13 heavy (non-hydrogen) atoms. The largest absolute Gasteiger partial charge is 0.450 e. The molecule has 0 fully saturated rings. The van der Waals surface area contributed by atoms with Gasteiger partial charge in [0.1, 0.15) is 0 Å². The second-order valence-corrected chi connectivity index (χ2v) is 3.12. The van der Waals surface area contributed by atoms with Crippen molar-refractivity contribution in [2.45, 2.75) is 46.0 Å². The molecular weight excluding hydrogens is 166 g/mol. The summed E-state index contributed by atoms with van der Waals surface area (Å²) < 4.78 is 4.85. The van der Waals surface area contributed by atoms with Crippen molar-refractivity contribution in [2.24, 2.45) is 0 Å². The number of nitrogens with one attached hydrogen (secondary N) is 1. The minimum absolute atomic E-state index is 0.279. The predicted octanol–water partition coefficient (Wildman–Crippen LogP) is 2.70. The van der Waals surface area contributed by atoms with Crippen LogP contribution in [0.1, 0.15) is 46.0 Å². The van der Waals surface area contributed by atoms with Gasteiger partial charge in [0.15, 0.2) is 0 Å². The van der Waals surface area contributed by atoms with E-state index in [1.54, 1.807) is 0 Å². The van der Waals surface area contributed by atoms with Crippen LogP contribution in [0.5, 0.6) is 0 Å². The number of alkyl carbamates (subject to hydrolysis) is 1. The first-order valence-corrected chi connectivity index (χ1v) is 5.21. The molecule has 0 unspecified atom stereocenters. The van der Waals surface area contributed by atoms with E-state index in [2.05, 4.69) is 12.2 Å². The lowest BCUT2D eigenvalue weighted by molar-refractivity contribution is 0.146. The maximum atomic E-state index is 10.9. The van der Waals surface area contributed by atoms with Crippen LogP contribution in [-0.4, -0.2) is 19.2 Å². The highest BCUT2D eigenvalue weighted by Gasteiger charge is 1.98. The lowest BCUT2D eigenvalue weighted by Gasteiger charge is -2.05. The van der Waals surface area contributed by atoms with Gasteiger partial charge in [-0.15, -0.1) is 0 Å². The van der Waals surface area contributed by atoms with E-state index in [9.17, 15) is 4.79 Å². The SMILES string of the molecule is CCCCCCNC(=O)OCCC. The van der Waals surface area contributed by atoms with E-state index in [-0.39, 0.29) is 6.09 Å². The average Bonchev–Trinajstić information content (AvgIpc) is 2.14. The summed E-state index contributed by atoms with van der Waals surface area (Å²) in [7, 11) is 0. The van der Waals surface area contributed by atoms with Gasteiger partial charge in [0.2, 0.25) is 0 Å². The van der Waals surface area contributed by atoms with E-state index in [1.807, 2.05) is 6.92 Å². The van der Waals surface area contributed by atoms with E-state index in [4.69, 9.17) is 4.74 Å². The molecule has 3 heteroatoms. The minimum atomic E-state index is -0.279. The van der Waals surface area contributed by atoms with Crippen LogP contribution in [0.3, 0.4) is 0 Å². The molecule has 0 bridgehead atoms. The van der Waals surface area contributed by atoms with Crippen LogP contribution in [0, 0.1) is 0 Å². The van der Waals surface area contributed by atoms with Crippen LogP contribution in [0.2, 0.25) is 0 Å². The molecule has 0 aliphatic heterocycles. The smallest absolute Gasteiger partial charge is 0.407 e. The Hall–Kier alpha value is -0.730. The Balaban J connectivity index is 3.08. The van der Waals surface area contributed by atoms with Gasteiger partial charge >= 0.3 is 6.09 Å². The molecule has 78 valence electrons. The third-order valence-corrected chi connectivity index (χ3v) is 1.74. The second-order valence-electron chi connectivity index (χ2n) is 3.12. The van der Waals surface area contributed by atoms with Crippen LogP contribution in [0.15, 0.2) is 0 Å². The van der Waals surface area contributed by atoms with Gasteiger partial charge in [-0.3, -0.25) is 0 Å². The fourth-order valence-electron chi connectivity index (χ4n) is 0.988. The molecular formula is C10H21NO2. The highest BCUT2D eigenvalue weighted by Crippen LogP contribution is 1.97. The topological polar surface area (TPSA) is 38.3 Å². The third-order valence-electron chi connectivity index (χ3n) is 1.74. The molecule has 0 aromatic carbocycles. The van der Waals surface area contributed by atoms with Gasteiger partial charge < -0.3 is 10.1 Å². The summed E-state index contributed by atoms with van der Waals surface area (Å²) >= 11 is 0. The fraction of sp³-hybridized carbons (Fsp3) is 0.900. The first kappa shape index (κ1) is 12.3. The summed E-state index contributed by atoms with van der Waals surface area (Å²) in [5, 5.41) is 2.72. The van der Waals surface area contributed by atoms with Gasteiger partial charge in [0.05, 0.1) is 6.61 Å². The number of carbonyl (C=O) groups is 1. The normalized spacial score (nSPS) is 9.69. The highest BCUT2D eigenvalue weighted by molar-refractivity contribution is 5.66. The summed E-state index contributed by atoms with van der Waals surface area (Å²) in [6.45, 7) is 5.40. The number of amides is 1. The zero-order valence-electron chi connectivity index (χ0n) is 8.77. The molecule has 0 atom stereocenters. The van der Waals surface area contributed by atoms with Crippen LogP contribution >= 0.6 is 0 Å².